The second-order valence-electron chi connectivity index (χ2n) is 4.75. The molecule has 0 aromatic heterocycles. The molecule has 1 aromatic carbocycles. The van der Waals surface area contributed by atoms with E-state index in [9.17, 15) is 22.8 Å². The van der Waals surface area contributed by atoms with E-state index in [0.29, 0.717) is 4.47 Å². The predicted molar refractivity (Wildman–Crippen MR) is 90.4 cm³/mol. The molecule has 0 heterocycles. The van der Waals surface area contributed by atoms with Gasteiger partial charge in [0.2, 0.25) is 0 Å². The van der Waals surface area contributed by atoms with Crippen molar-refractivity contribution in [1.29, 1.82) is 0 Å². The number of nitrogens with one attached hydrogen (secondary N) is 2. The first-order valence-corrected chi connectivity index (χ1v) is 8.65. The maximum atomic E-state index is 12.1. The maximum absolute atomic E-state index is 12.1. The number of hydrogen-bond acceptors (Lipinski definition) is 7. The molecule has 26 heavy (non-hydrogen) atoms. The van der Waals surface area contributed by atoms with E-state index in [4.69, 9.17) is 4.74 Å². The smallest absolute Gasteiger partial charge is 0.338 e. The number of ether oxygens (including phenoxy) is 1. The standard InChI is InChI=1S/C15H19N3O7S/c1-4-8-16-15(21)17-13(19)10-25-14(20)11-6-5-7-12(9-11)26(22,23)18(2)24-3/h4-7,9H,1,8,10H2,2-3H3,(H2,16,17,19,21). The molecule has 1 aromatic rings. The first-order valence-electron chi connectivity index (χ1n) is 7.21. The third kappa shape index (κ3) is 5.95. The number of sulfonamides is 1. The molecular formula is C15H19N3O7S. The highest BCUT2D eigenvalue weighted by Crippen LogP contribution is 2.16. The van der Waals surface area contributed by atoms with Crippen molar-refractivity contribution in [3.05, 3.63) is 42.5 Å². The lowest BCUT2D eigenvalue weighted by molar-refractivity contribution is -0.123. The van der Waals surface area contributed by atoms with Crippen molar-refractivity contribution in [2.24, 2.45) is 0 Å². The van der Waals surface area contributed by atoms with Crippen molar-refractivity contribution in [2.45, 2.75) is 4.90 Å². The number of imide groups is 1. The summed E-state index contributed by atoms with van der Waals surface area (Å²) in [5.41, 5.74) is -0.0838. The van der Waals surface area contributed by atoms with Crippen LogP contribution in [0.15, 0.2) is 41.8 Å². The van der Waals surface area contributed by atoms with Crippen LogP contribution in [-0.2, 0) is 24.4 Å². The van der Waals surface area contributed by atoms with Crippen molar-refractivity contribution in [1.82, 2.24) is 15.1 Å². The van der Waals surface area contributed by atoms with Crippen molar-refractivity contribution in [3.8, 4) is 0 Å². The molecule has 0 unspecified atom stereocenters. The van der Waals surface area contributed by atoms with E-state index >= 15 is 0 Å². The number of benzene rings is 1. The second kappa shape index (κ2) is 9.65. The maximum Gasteiger partial charge on any atom is 0.338 e. The van der Waals surface area contributed by atoms with E-state index < -0.39 is 34.5 Å². The van der Waals surface area contributed by atoms with Crippen LogP contribution < -0.4 is 10.6 Å². The van der Waals surface area contributed by atoms with E-state index in [-0.39, 0.29) is 17.0 Å². The summed E-state index contributed by atoms with van der Waals surface area (Å²) < 4.78 is 29.7. The Morgan fingerprint density at radius 3 is 2.62 bits per heavy atom. The lowest BCUT2D eigenvalue weighted by Crippen LogP contribution is -2.41. The average Bonchev–Trinajstić information content (AvgIpc) is 2.63. The lowest BCUT2D eigenvalue weighted by atomic mass is 10.2. The molecule has 11 heteroatoms. The number of esters is 1. The van der Waals surface area contributed by atoms with Crippen LogP contribution in [0.1, 0.15) is 10.4 Å². The monoisotopic (exact) mass is 385 g/mol. The molecule has 0 saturated heterocycles. The van der Waals surface area contributed by atoms with E-state index in [1.807, 2.05) is 5.32 Å². The number of nitrogens with zero attached hydrogens (tertiary/aromatic N) is 1. The van der Waals surface area contributed by atoms with Gasteiger partial charge in [0, 0.05) is 13.6 Å². The van der Waals surface area contributed by atoms with Crippen LogP contribution in [0.2, 0.25) is 0 Å². The van der Waals surface area contributed by atoms with Crippen molar-refractivity contribution < 1.29 is 32.4 Å². The summed E-state index contributed by atoms with van der Waals surface area (Å²) in [4.78, 5) is 39.2. The van der Waals surface area contributed by atoms with Gasteiger partial charge in [0.25, 0.3) is 15.9 Å². The van der Waals surface area contributed by atoms with Crippen LogP contribution in [0.4, 0.5) is 4.79 Å². The van der Waals surface area contributed by atoms with Gasteiger partial charge < -0.3 is 10.1 Å². The number of amides is 3. The van der Waals surface area contributed by atoms with E-state index in [2.05, 4.69) is 16.7 Å². The van der Waals surface area contributed by atoms with Gasteiger partial charge >= 0.3 is 12.0 Å². The minimum atomic E-state index is -3.94. The van der Waals surface area contributed by atoms with Gasteiger partial charge in [0.1, 0.15) is 0 Å². The molecular weight excluding hydrogens is 366 g/mol. The number of carbonyl (C=O) groups excluding carboxylic acids is 3. The molecule has 10 nitrogen and oxygen atoms in total. The van der Waals surface area contributed by atoms with Gasteiger partial charge in [-0.3, -0.25) is 14.9 Å². The molecule has 0 bridgehead atoms. The Bertz CT molecular complexity index is 792. The summed E-state index contributed by atoms with van der Waals surface area (Å²) in [7, 11) is -1.56. The average molecular weight is 385 g/mol. The van der Waals surface area contributed by atoms with Gasteiger partial charge in [0.05, 0.1) is 17.6 Å². The molecule has 1 rings (SSSR count). The van der Waals surface area contributed by atoms with Gasteiger partial charge in [-0.1, -0.05) is 16.6 Å². The zero-order chi connectivity index (χ0) is 19.7. The quantitative estimate of drug-likeness (QED) is 0.367. The summed E-state index contributed by atoms with van der Waals surface area (Å²) in [5, 5.41) is 4.26. The highest BCUT2D eigenvalue weighted by molar-refractivity contribution is 7.89. The zero-order valence-corrected chi connectivity index (χ0v) is 15.0. The largest absolute Gasteiger partial charge is 0.452 e. The SMILES string of the molecule is C=CCNC(=O)NC(=O)COC(=O)c1cccc(S(=O)(=O)N(C)OC)c1. The van der Waals surface area contributed by atoms with Crippen molar-refractivity contribution in [3.63, 3.8) is 0 Å². The Labute approximate surface area is 150 Å². The van der Waals surface area contributed by atoms with E-state index in [1.54, 1.807) is 0 Å². The molecule has 3 amide bonds. The van der Waals surface area contributed by atoms with E-state index in [1.165, 1.54) is 38.4 Å². The molecule has 0 saturated carbocycles. The molecule has 142 valence electrons. The van der Waals surface area contributed by atoms with Gasteiger partial charge in [-0.05, 0) is 18.2 Å². The number of hydrogen-bond donors (Lipinski definition) is 2. The molecule has 0 radical (unpaired) electrons. The summed E-state index contributed by atoms with van der Waals surface area (Å²) >= 11 is 0. The van der Waals surface area contributed by atoms with E-state index in [0.717, 1.165) is 6.07 Å². The fraction of sp³-hybridized carbons (Fsp3) is 0.267. The Morgan fingerprint density at radius 2 is 2.00 bits per heavy atom. The normalized spacial score (nSPS) is 10.9. The minimum Gasteiger partial charge on any atom is -0.452 e. The fourth-order valence-corrected chi connectivity index (χ4v) is 2.64. The highest BCUT2D eigenvalue weighted by atomic mass is 32.2. The van der Waals surface area contributed by atoms with Gasteiger partial charge in [-0.15, -0.1) is 6.58 Å². The molecule has 0 atom stereocenters. The molecule has 0 aliphatic heterocycles. The number of hydroxylamine groups is 1. The minimum absolute atomic E-state index is 0.0838. The molecule has 0 aliphatic rings. The Hall–Kier alpha value is -2.76. The van der Waals surface area contributed by atoms with Crippen molar-refractivity contribution >= 4 is 27.9 Å². The van der Waals surface area contributed by atoms with Gasteiger partial charge in [-0.25, -0.2) is 18.0 Å². The first-order chi connectivity index (χ1) is 12.2. The predicted octanol–water partition coefficient (Wildman–Crippen LogP) is 0.0371. The highest BCUT2D eigenvalue weighted by Gasteiger charge is 2.22. The second-order valence-corrected chi connectivity index (χ2v) is 6.68. The number of carbonyl (C=O) groups is 3. The Kier molecular flexibility index (Phi) is 7.90. The van der Waals surface area contributed by atoms with Crippen LogP contribution in [0.25, 0.3) is 0 Å². The summed E-state index contributed by atoms with van der Waals surface area (Å²) in [5.74, 6) is -1.77. The third-order valence-electron chi connectivity index (χ3n) is 2.96. The molecule has 0 aliphatic carbocycles. The van der Waals surface area contributed by atoms with Gasteiger partial charge in [0.15, 0.2) is 6.61 Å². The van der Waals surface area contributed by atoms with Crippen molar-refractivity contribution in [2.75, 3.05) is 27.3 Å². The third-order valence-corrected chi connectivity index (χ3v) is 4.63. The van der Waals surface area contributed by atoms with Gasteiger partial charge in [-0.2, -0.15) is 0 Å². The van der Waals surface area contributed by atoms with Crippen LogP contribution in [-0.4, -0.2) is 58.1 Å². The number of urea groups is 1. The summed E-state index contributed by atoms with van der Waals surface area (Å²) in [6, 6.07) is 4.26. The Morgan fingerprint density at radius 1 is 1.31 bits per heavy atom. The molecule has 0 spiro atoms. The number of rotatable bonds is 8. The summed E-state index contributed by atoms with van der Waals surface area (Å²) in [6.45, 7) is 2.84. The van der Waals surface area contributed by atoms with Crippen LogP contribution in [0.5, 0.6) is 0 Å². The fourth-order valence-electron chi connectivity index (χ4n) is 1.62. The first kappa shape index (κ1) is 21.3. The van der Waals surface area contributed by atoms with Crippen LogP contribution in [0, 0.1) is 0 Å². The summed E-state index contributed by atoms with van der Waals surface area (Å²) in [6.07, 6.45) is 1.42. The lowest BCUT2D eigenvalue weighted by Gasteiger charge is -2.14. The van der Waals surface area contributed by atoms with Crippen LogP contribution >= 0.6 is 0 Å². The van der Waals surface area contributed by atoms with Crippen LogP contribution in [0.3, 0.4) is 0 Å². The Balaban J connectivity index is 2.71. The molecule has 2 N–H and O–H groups in total. The molecule has 0 fully saturated rings. The zero-order valence-electron chi connectivity index (χ0n) is 14.2. The topological polar surface area (TPSA) is 131 Å².